The van der Waals surface area contributed by atoms with Gasteiger partial charge in [-0.15, -0.1) is 0 Å². The number of hydrogen-bond acceptors (Lipinski definition) is 2. The molecule has 1 N–H and O–H groups in total. The second-order valence-corrected chi connectivity index (χ2v) is 13.1. The lowest BCUT2D eigenvalue weighted by molar-refractivity contribution is -0.141. The molecule has 0 aromatic heterocycles. The standard InChI is InChI=1S/C35H42Cl2N2O2/c1-35(2,3)28-18-14-25(15-19-28)16-21-33(40)39(24-27-17-20-29(36)23-31(27)37)32(22-26-10-6-4-7-11-26)34(41)38-30-12-8-5-9-13-30/h4,6-7,10-11,14-15,17-20,23,30,32H,5,8-9,12-13,16,21-22,24H2,1-3H3,(H,38,41)/t32-/m1/s1. The molecular formula is C35H42Cl2N2O2. The van der Waals surface area contributed by atoms with E-state index in [1.807, 2.05) is 36.4 Å². The van der Waals surface area contributed by atoms with Crippen LogP contribution < -0.4 is 5.32 Å². The molecule has 1 fully saturated rings. The Labute approximate surface area is 255 Å². The molecule has 218 valence electrons. The minimum absolute atomic E-state index is 0.0688. The Morgan fingerprint density at radius 1 is 0.902 bits per heavy atom. The number of nitrogens with zero attached hydrogens (tertiary/aromatic N) is 1. The first-order valence-electron chi connectivity index (χ1n) is 14.8. The van der Waals surface area contributed by atoms with Gasteiger partial charge in [0.05, 0.1) is 0 Å². The molecule has 0 unspecified atom stereocenters. The van der Waals surface area contributed by atoms with E-state index >= 15 is 0 Å². The highest BCUT2D eigenvalue weighted by atomic mass is 35.5. The van der Waals surface area contributed by atoms with Gasteiger partial charge in [-0.3, -0.25) is 9.59 Å². The van der Waals surface area contributed by atoms with Gasteiger partial charge in [-0.05, 0) is 59.1 Å². The van der Waals surface area contributed by atoms with Gasteiger partial charge in [0.1, 0.15) is 6.04 Å². The van der Waals surface area contributed by atoms with E-state index in [0.717, 1.165) is 42.4 Å². The third-order valence-electron chi connectivity index (χ3n) is 8.03. The number of aryl methyl sites for hydroxylation is 1. The third-order valence-corrected chi connectivity index (χ3v) is 8.61. The smallest absolute Gasteiger partial charge is 0.243 e. The second kappa shape index (κ2) is 14.4. The van der Waals surface area contributed by atoms with Crippen LogP contribution in [0.2, 0.25) is 10.0 Å². The van der Waals surface area contributed by atoms with E-state index in [1.54, 1.807) is 17.0 Å². The van der Waals surface area contributed by atoms with Crippen molar-refractivity contribution in [3.63, 3.8) is 0 Å². The first-order valence-corrected chi connectivity index (χ1v) is 15.5. The fraction of sp³-hybridized carbons (Fsp3) is 0.429. The van der Waals surface area contributed by atoms with Crippen LogP contribution in [0.5, 0.6) is 0 Å². The minimum atomic E-state index is -0.665. The zero-order chi connectivity index (χ0) is 29.4. The number of hydrogen-bond donors (Lipinski definition) is 1. The number of carbonyl (C=O) groups excluding carboxylic acids is 2. The lowest BCUT2D eigenvalue weighted by Crippen LogP contribution is -2.53. The molecule has 3 aromatic rings. The maximum atomic E-state index is 14.0. The van der Waals surface area contributed by atoms with Crippen LogP contribution in [-0.2, 0) is 34.4 Å². The van der Waals surface area contributed by atoms with Crippen molar-refractivity contribution in [2.75, 3.05) is 0 Å². The molecule has 0 bridgehead atoms. The Hall–Kier alpha value is -2.82. The molecular weight excluding hydrogens is 551 g/mol. The average molecular weight is 594 g/mol. The van der Waals surface area contributed by atoms with Crippen molar-refractivity contribution in [2.24, 2.45) is 0 Å². The van der Waals surface area contributed by atoms with Crippen LogP contribution in [0, 0.1) is 0 Å². The largest absolute Gasteiger partial charge is 0.352 e. The summed E-state index contributed by atoms with van der Waals surface area (Å²) in [5.41, 5.74) is 4.20. The molecule has 2 amide bonds. The van der Waals surface area contributed by atoms with Gasteiger partial charge in [0, 0.05) is 35.5 Å². The number of halogens is 2. The molecule has 1 saturated carbocycles. The molecule has 6 heteroatoms. The van der Waals surface area contributed by atoms with Crippen LogP contribution in [0.1, 0.15) is 81.5 Å². The Balaban J connectivity index is 1.61. The summed E-state index contributed by atoms with van der Waals surface area (Å²) < 4.78 is 0. The number of carbonyl (C=O) groups is 2. The summed E-state index contributed by atoms with van der Waals surface area (Å²) in [4.78, 5) is 29.7. The van der Waals surface area contributed by atoms with Crippen molar-refractivity contribution in [3.8, 4) is 0 Å². The highest BCUT2D eigenvalue weighted by Crippen LogP contribution is 2.26. The van der Waals surface area contributed by atoms with Crippen molar-refractivity contribution in [2.45, 2.75) is 96.2 Å². The van der Waals surface area contributed by atoms with E-state index in [9.17, 15) is 9.59 Å². The third kappa shape index (κ3) is 9.08. The van der Waals surface area contributed by atoms with E-state index in [-0.39, 0.29) is 29.8 Å². The predicted octanol–water partition coefficient (Wildman–Crippen LogP) is 8.31. The molecule has 4 rings (SSSR count). The summed E-state index contributed by atoms with van der Waals surface area (Å²) in [6.45, 7) is 6.80. The maximum absolute atomic E-state index is 14.0. The van der Waals surface area contributed by atoms with Crippen LogP contribution in [0.15, 0.2) is 72.8 Å². The molecule has 1 atom stereocenters. The van der Waals surface area contributed by atoms with Crippen molar-refractivity contribution >= 4 is 35.0 Å². The Bertz CT molecular complexity index is 1300. The van der Waals surface area contributed by atoms with E-state index in [2.05, 4.69) is 50.4 Å². The monoisotopic (exact) mass is 592 g/mol. The van der Waals surface area contributed by atoms with Crippen LogP contribution in [-0.4, -0.2) is 28.8 Å². The number of rotatable bonds is 10. The van der Waals surface area contributed by atoms with Crippen LogP contribution in [0.25, 0.3) is 0 Å². The lowest BCUT2D eigenvalue weighted by Gasteiger charge is -2.34. The zero-order valence-electron chi connectivity index (χ0n) is 24.5. The fourth-order valence-corrected chi connectivity index (χ4v) is 5.97. The van der Waals surface area contributed by atoms with Gasteiger partial charge in [0.25, 0.3) is 0 Å². The molecule has 41 heavy (non-hydrogen) atoms. The SMILES string of the molecule is CC(C)(C)c1ccc(CCC(=O)N(Cc2ccc(Cl)cc2Cl)[C@H](Cc2ccccc2)C(=O)NC2CCCCC2)cc1. The van der Waals surface area contributed by atoms with Crippen molar-refractivity contribution in [1.82, 2.24) is 10.2 Å². The molecule has 4 nitrogen and oxygen atoms in total. The first-order chi connectivity index (χ1) is 19.6. The molecule has 0 spiro atoms. The molecule has 0 saturated heterocycles. The molecule has 0 heterocycles. The van der Waals surface area contributed by atoms with Crippen molar-refractivity contribution < 1.29 is 9.59 Å². The first kappa shape index (κ1) is 31.1. The van der Waals surface area contributed by atoms with Gasteiger partial charge < -0.3 is 10.2 Å². The van der Waals surface area contributed by atoms with Gasteiger partial charge in [-0.2, -0.15) is 0 Å². The molecule has 3 aromatic carbocycles. The topological polar surface area (TPSA) is 49.4 Å². The van der Waals surface area contributed by atoms with Crippen molar-refractivity contribution in [1.29, 1.82) is 0 Å². The van der Waals surface area contributed by atoms with Crippen LogP contribution in [0.4, 0.5) is 0 Å². The summed E-state index contributed by atoms with van der Waals surface area (Å²) in [5.74, 6) is -0.177. The summed E-state index contributed by atoms with van der Waals surface area (Å²) >= 11 is 12.8. The predicted molar refractivity (Wildman–Crippen MR) is 169 cm³/mol. The van der Waals surface area contributed by atoms with Gasteiger partial charge in [-0.1, -0.05) is 124 Å². The summed E-state index contributed by atoms with van der Waals surface area (Å²) in [6.07, 6.45) is 6.71. The summed E-state index contributed by atoms with van der Waals surface area (Å²) in [7, 11) is 0. The number of nitrogens with one attached hydrogen (secondary N) is 1. The van der Waals surface area contributed by atoms with E-state index < -0.39 is 6.04 Å². The molecule has 1 aliphatic carbocycles. The minimum Gasteiger partial charge on any atom is -0.352 e. The lowest BCUT2D eigenvalue weighted by atomic mass is 9.86. The molecule has 0 radical (unpaired) electrons. The van der Waals surface area contributed by atoms with E-state index in [1.165, 1.54) is 12.0 Å². The highest BCUT2D eigenvalue weighted by molar-refractivity contribution is 6.35. The Morgan fingerprint density at radius 2 is 1.59 bits per heavy atom. The Morgan fingerprint density at radius 3 is 2.22 bits per heavy atom. The highest BCUT2D eigenvalue weighted by Gasteiger charge is 2.32. The molecule has 0 aliphatic heterocycles. The van der Waals surface area contributed by atoms with Crippen LogP contribution in [0.3, 0.4) is 0 Å². The normalized spacial score (nSPS) is 14.9. The van der Waals surface area contributed by atoms with E-state index in [4.69, 9.17) is 23.2 Å². The Kier molecular flexibility index (Phi) is 10.9. The van der Waals surface area contributed by atoms with Crippen LogP contribution >= 0.6 is 23.2 Å². The fourth-order valence-electron chi connectivity index (χ4n) is 5.50. The summed E-state index contributed by atoms with van der Waals surface area (Å²) in [6, 6.07) is 23.2. The quantitative estimate of drug-likeness (QED) is 0.257. The van der Waals surface area contributed by atoms with Gasteiger partial charge in [0.2, 0.25) is 11.8 Å². The molecule has 1 aliphatic rings. The summed E-state index contributed by atoms with van der Waals surface area (Å²) in [5, 5.41) is 4.31. The van der Waals surface area contributed by atoms with Gasteiger partial charge in [-0.25, -0.2) is 0 Å². The number of amides is 2. The average Bonchev–Trinajstić information content (AvgIpc) is 2.95. The zero-order valence-corrected chi connectivity index (χ0v) is 26.0. The number of benzene rings is 3. The van der Waals surface area contributed by atoms with E-state index in [0.29, 0.717) is 29.3 Å². The van der Waals surface area contributed by atoms with Crippen molar-refractivity contribution in [3.05, 3.63) is 105 Å². The van der Waals surface area contributed by atoms with Gasteiger partial charge >= 0.3 is 0 Å². The van der Waals surface area contributed by atoms with Gasteiger partial charge in [0.15, 0.2) is 0 Å². The maximum Gasteiger partial charge on any atom is 0.243 e. The second-order valence-electron chi connectivity index (χ2n) is 12.3.